The van der Waals surface area contributed by atoms with E-state index in [1.807, 2.05) is 26.8 Å². The molecule has 6 heteroatoms. The Hall–Kier alpha value is -1.43. The third kappa shape index (κ3) is 3.43. The number of amides is 1. The summed E-state index contributed by atoms with van der Waals surface area (Å²) in [7, 11) is 1.62. The summed E-state index contributed by atoms with van der Waals surface area (Å²) in [5.41, 5.74) is 1.85. The minimum atomic E-state index is -0.288. The summed E-state index contributed by atoms with van der Waals surface area (Å²) < 4.78 is 17.2. The van der Waals surface area contributed by atoms with Gasteiger partial charge in [-0.05, 0) is 26.8 Å². The van der Waals surface area contributed by atoms with Gasteiger partial charge in [-0.1, -0.05) is 15.9 Å². The van der Waals surface area contributed by atoms with Crippen molar-refractivity contribution in [2.75, 3.05) is 20.3 Å². The number of hydrogen-bond donors (Lipinski definition) is 0. The molecule has 0 saturated carbocycles. The maximum Gasteiger partial charge on any atom is 0.410 e. The van der Waals surface area contributed by atoms with Gasteiger partial charge in [-0.2, -0.15) is 0 Å². The van der Waals surface area contributed by atoms with Crippen LogP contribution in [0.5, 0.6) is 11.5 Å². The van der Waals surface area contributed by atoms with E-state index in [2.05, 4.69) is 15.9 Å². The van der Waals surface area contributed by atoms with E-state index in [-0.39, 0.29) is 12.2 Å². The number of nitrogens with zero attached hydrogens (tertiary/aromatic N) is 1. The van der Waals surface area contributed by atoms with Crippen molar-refractivity contribution in [3.8, 4) is 11.5 Å². The normalized spacial score (nSPS) is 14.6. The molecule has 1 fully saturated rings. The predicted octanol–water partition coefficient (Wildman–Crippen LogP) is 3.51. The molecule has 1 amide bonds. The SMILES string of the molecule is COc1c(C)c(OC(C)C)cc(Br)c1CN1CCOC1=O. The molecule has 0 bridgehead atoms. The molecule has 0 spiro atoms. The van der Waals surface area contributed by atoms with Gasteiger partial charge in [-0.3, -0.25) is 0 Å². The van der Waals surface area contributed by atoms with Crippen LogP contribution in [0.1, 0.15) is 25.0 Å². The number of carbonyl (C=O) groups excluding carboxylic acids is 1. The highest BCUT2D eigenvalue weighted by Gasteiger charge is 2.25. The van der Waals surface area contributed by atoms with E-state index >= 15 is 0 Å². The molecular weight excluding hydrogens is 338 g/mol. The number of cyclic esters (lactones) is 1. The maximum atomic E-state index is 11.6. The van der Waals surface area contributed by atoms with Gasteiger partial charge in [0.1, 0.15) is 18.1 Å². The smallest absolute Gasteiger partial charge is 0.410 e. The van der Waals surface area contributed by atoms with E-state index in [1.165, 1.54) is 0 Å². The zero-order valence-corrected chi connectivity index (χ0v) is 14.3. The lowest BCUT2D eigenvalue weighted by Gasteiger charge is -2.21. The zero-order valence-electron chi connectivity index (χ0n) is 12.7. The van der Waals surface area contributed by atoms with Crippen molar-refractivity contribution in [2.45, 2.75) is 33.4 Å². The van der Waals surface area contributed by atoms with E-state index in [4.69, 9.17) is 14.2 Å². The lowest BCUT2D eigenvalue weighted by molar-refractivity contribution is 0.157. The first-order valence-electron chi connectivity index (χ1n) is 6.88. The van der Waals surface area contributed by atoms with Gasteiger partial charge in [-0.15, -0.1) is 0 Å². The van der Waals surface area contributed by atoms with Gasteiger partial charge in [-0.25, -0.2) is 4.79 Å². The number of ether oxygens (including phenoxy) is 3. The quantitative estimate of drug-likeness (QED) is 0.808. The molecule has 116 valence electrons. The summed E-state index contributed by atoms with van der Waals surface area (Å²) in [6, 6.07) is 1.93. The Morgan fingerprint density at radius 2 is 2.19 bits per heavy atom. The first-order chi connectivity index (χ1) is 9.93. The van der Waals surface area contributed by atoms with Crippen molar-refractivity contribution in [3.63, 3.8) is 0 Å². The van der Waals surface area contributed by atoms with Crippen molar-refractivity contribution in [2.24, 2.45) is 0 Å². The summed E-state index contributed by atoms with van der Waals surface area (Å²) in [6.45, 7) is 7.39. The van der Waals surface area contributed by atoms with E-state index in [0.29, 0.717) is 19.7 Å². The molecule has 2 rings (SSSR count). The molecular formula is C15H20BrNO4. The number of benzene rings is 1. The molecule has 21 heavy (non-hydrogen) atoms. The minimum absolute atomic E-state index is 0.0831. The van der Waals surface area contributed by atoms with Crippen LogP contribution in [0.4, 0.5) is 4.79 Å². The Bertz CT molecular complexity index is 545. The Kier molecular flexibility index (Phi) is 4.98. The van der Waals surface area contributed by atoms with Crippen molar-refractivity contribution in [1.82, 2.24) is 4.90 Å². The molecule has 1 aromatic rings. The molecule has 0 N–H and O–H groups in total. The Balaban J connectivity index is 2.36. The Morgan fingerprint density at radius 1 is 1.48 bits per heavy atom. The summed E-state index contributed by atoms with van der Waals surface area (Å²) >= 11 is 3.55. The lowest BCUT2D eigenvalue weighted by atomic mass is 10.1. The fourth-order valence-corrected chi connectivity index (χ4v) is 2.83. The Labute approximate surface area is 133 Å². The molecule has 0 aromatic heterocycles. The van der Waals surface area contributed by atoms with Crippen molar-refractivity contribution >= 4 is 22.0 Å². The van der Waals surface area contributed by atoms with Crippen LogP contribution in [0, 0.1) is 6.92 Å². The third-order valence-corrected chi connectivity index (χ3v) is 4.00. The predicted molar refractivity (Wildman–Crippen MR) is 83.0 cm³/mol. The van der Waals surface area contributed by atoms with Crippen LogP contribution in [0.3, 0.4) is 0 Å². The summed E-state index contributed by atoms with van der Waals surface area (Å²) in [6.07, 6.45) is -0.205. The second kappa shape index (κ2) is 6.56. The van der Waals surface area contributed by atoms with Gasteiger partial charge >= 0.3 is 6.09 Å². The van der Waals surface area contributed by atoms with Crippen LogP contribution >= 0.6 is 15.9 Å². The summed E-state index contributed by atoms with van der Waals surface area (Å²) in [4.78, 5) is 13.3. The maximum absolute atomic E-state index is 11.6. The van der Waals surface area contributed by atoms with E-state index in [1.54, 1.807) is 12.0 Å². The number of methoxy groups -OCH3 is 1. The minimum Gasteiger partial charge on any atom is -0.496 e. The monoisotopic (exact) mass is 357 g/mol. The van der Waals surface area contributed by atoms with Crippen LogP contribution in [0.15, 0.2) is 10.5 Å². The van der Waals surface area contributed by atoms with Gasteiger partial charge < -0.3 is 19.1 Å². The van der Waals surface area contributed by atoms with Crippen molar-refractivity contribution in [3.05, 3.63) is 21.7 Å². The van der Waals surface area contributed by atoms with Crippen LogP contribution in [0.2, 0.25) is 0 Å². The average Bonchev–Trinajstić information content (AvgIpc) is 2.81. The lowest BCUT2D eigenvalue weighted by Crippen LogP contribution is -2.24. The van der Waals surface area contributed by atoms with Gasteiger partial charge in [0.05, 0.1) is 26.3 Å². The van der Waals surface area contributed by atoms with E-state index < -0.39 is 0 Å². The van der Waals surface area contributed by atoms with Crippen LogP contribution < -0.4 is 9.47 Å². The number of halogens is 1. The van der Waals surface area contributed by atoms with E-state index in [9.17, 15) is 4.79 Å². The highest BCUT2D eigenvalue weighted by atomic mass is 79.9. The fourth-order valence-electron chi connectivity index (χ4n) is 2.32. The molecule has 1 aliphatic rings. The number of hydrogen-bond acceptors (Lipinski definition) is 4. The van der Waals surface area contributed by atoms with Crippen LogP contribution in [0.25, 0.3) is 0 Å². The second-order valence-corrected chi connectivity index (χ2v) is 6.05. The van der Waals surface area contributed by atoms with Crippen molar-refractivity contribution in [1.29, 1.82) is 0 Å². The van der Waals surface area contributed by atoms with E-state index in [0.717, 1.165) is 27.1 Å². The zero-order chi connectivity index (χ0) is 15.6. The first-order valence-corrected chi connectivity index (χ1v) is 7.67. The van der Waals surface area contributed by atoms with Gasteiger partial charge in [0, 0.05) is 15.6 Å². The van der Waals surface area contributed by atoms with Gasteiger partial charge in [0.2, 0.25) is 0 Å². The molecule has 1 aromatic carbocycles. The fraction of sp³-hybridized carbons (Fsp3) is 0.533. The molecule has 1 aliphatic heterocycles. The molecule has 1 saturated heterocycles. The third-order valence-electron chi connectivity index (χ3n) is 3.29. The van der Waals surface area contributed by atoms with Gasteiger partial charge in [0.15, 0.2) is 0 Å². The molecule has 0 unspecified atom stereocenters. The molecule has 0 atom stereocenters. The second-order valence-electron chi connectivity index (χ2n) is 5.20. The first kappa shape index (κ1) is 15.9. The Morgan fingerprint density at radius 3 is 2.71 bits per heavy atom. The highest BCUT2D eigenvalue weighted by molar-refractivity contribution is 9.10. The number of rotatable bonds is 5. The number of carbonyl (C=O) groups is 1. The summed E-state index contributed by atoms with van der Waals surface area (Å²) in [5.74, 6) is 1.51. The van der Waals surface area contributed by atoms with Crippen LogP contribution in [-0.2, 0) is 11.3 Å². The summed E-state index contributed by atoms with van der Waals surface area (Å²) in [5, 5.41) is 0. The molecule has 1 heterocycles. The topological polar surface area (TPSA) is 48.0 Å². The molecule has 5 nitrogen and oxygen atoms in total. The van der Waals surface area contributed by atoms with Crippen molar-refractivity contribution < 1.29 is 19.0 Å². The van der Waals surface area contributed by atoms with Crippen LogP contribution in [-0.4, -0.2) is 37.4 Å². The highest BCUT2D eigenvalue weighted by Crippen LogP contribution is 2.38. The largest absolute Gasteiger partial charge is 0.496 e. The van der Waals surface area contributed by atoms with Gasteiger partial charge in [0.25, 0.3) is 0 Å². The standard InChI is InChI=1S/C15H20BrNO4/c1-9(2)21-13-7-12(16)11(14(19-4)10(13)3)8-17-5-6-20-15(17)18/h7,9H,5-6,8H2,1-4H3. The molecule has 0 aliphatic carbocycles. The molecule has 0 radical (unpaired) electrons. The average molecular weight is 358 g/mol.